The van der Waals surface area contributed by atoms with Crippen molar-refractivity contribution in [3.05, 3.63) is 48.0 Å². The molecule has 0 aliphatic carbocycles. The van der Waals surface area contributed by atoms with Crippen LogP contribution in [0.1, 0.15) is 5.56 Å². The number of nitrogens with one attached hydrogen (secondary N) is 2. The zero-order valence-electron chi connectivity index (χ0n) is 15.7. The van der Waals surface area contributed by atoms with E-state index in [1.165, 1.54) is 5.56 Å². The molecule has 7 heteroatoms. The van der Waals surface area contributed by atoms with E-state index in [9.17, 15) is 4.79 Å². The van der Waals surface area contributed by atoms with E-state index in [-0.39, 0.29) is 6.03 Å². The van der Waals surface area contributed by atoms with Crippen LogP contribution < -0.4 is 20.1 Å². The Bertz CT molecular complexity index is 758. The minimum Gasteiger partial charge on any atom is -0.497 e. The molecule has 0 spiro atoms. The third-order valence-electron chi connectivity index (χ3n) is 4.38. The molecule has 2 aromatic carbocycles. The quantitative estimate of drug-likeness (QED) is 0.816. The highest BCUT2D eigenvalue weighted by molar-refractivity contribution is 6.00. The van der Waals surface area contributed by atoms with Gasteiger partial charge in [0.15, 0.2) is 0 Å². The molecule has 0 bridgehead atoms. The summed E-state index contributed by atoms with van der Waals surface area (Å²) < 4.78 is 15.8. The summed E-state index contributed by atoms with van der Waals surface area (Å²) in [5.41, 5.74) is 2.47. The number of carbonyl (C=O) groups excluding carboxylic acids is 1. The first-order valence-corrected chi connectivity index (χ1v) is 8.87. The molecule has 1 saturated heterocycles. The summed E-state index contributed by atoms with van der Waals surface area (Å²) >= 11 is 0. The fourth-order valence-electron chi connectivity index (χ4n) is 2.91. The molecular formula is C20H25N3O4. The lowest BCUT2D eigenvalue weighted by molar-refractivity contribution is 0.0342. The predicted octanol–water partition coefficient (Wildman–Crippen LogP) is 3.18. The lowest BCUT2D eigenvalue weighted by atomic mass is 10.2. The van der Waals surface area contributed by atoms with Crippen LogP contribution >= 0.6 is 0 Å². The molecule has 144 valence electrons. The number of benzene rings is 2. The van der Waals surface area contributed by atoms with Crippen molar-refractivity contribution in [3.63, 3.8) is 0 Å². The lowest BCUT2D eigenvalue weighted by Crippen LogP contribution is -2.35. The number of hydrogen-bond acceptors (Lipinski definition) is 5. The third kappa shape index (κ3) is 5.35. The molecule has 2 aromatic rings. The van der Waals surface area contributed by atoms with E-state index >= 15 is 0 Å². The maximum atomic E-state index is 12.3. The van der Waals surface area contributed by atoms with Gasteiger partial charge in [0.1, 0.15) is 11.5 Å². The highest BCUT2D eigenvalue weighted by Gasteiger charge is 2.12. The second-order valence-corrected chi connectivity index (χ2v) is 6.23. The molecule has 2 N–H and O–H groups in total. The minimum absolute atomic E-state index is 0.345. The topological polar surface area (TPSA) is 72.1 Å². The molecule has 2 amide bonds. The smallest absolute Gasteiger partial charge is 0.323 e. The standard InChI is InChI=1S/C20H25N3O4/c1-25-17-7-8-19(26-2)18(13-17)22-20(24)21-16-5-3-15(4-6-16)14-23-9-11-27-12-10-23/h3-8,13H,9-12,14H2,1-2H3,(H2,21,22,24). The zero-order valence-corrected chi connectivity index (χ0v) is 15.7. The number of hydrogen-bond donors (Lipinski definition) is 2. The molecule has 0 aromatic heterocycles. The summed E-state index contributed by atoms with van der Waals surface area (Å²) in [6.07, 6.45) is 0. The van der Waals surface area contributed by atoms with Gasteiger partial charge in [0.2, 0.25) is 0 Å². The summed E-state index contributed by atoms with van der Waals surface area (Å²) in [7, 11) is 3.13. The monoisotopic (exact) mass is 371 g/mol. The van der Waals surface area contributed by atoms with Crippen LogP contribution in [0, 0.1) is 0 Å². The fraction of sp³-hybridized carbons (Fsp3) is 0.350. The maximum absolute atomic E-state index is 12.3. The van der Waals surface area contributed by atoms with Crippen molar-refractivity contribution in [1.29, 1.82) is 0 Å². The lowest BCUT2D eigenvalue weighted by Gasteiger charge is -2.26. The van der Waals surface area contributed by atoms with Gasteiger partial charge in [0.25, 0.3) is 0 Å². The molecule has 1 aliphatic heterocycles. The normalized spacial score (nSPS) is 14.4. The van der Waals surface area contributed by atoms with E-state index in [4.69, 9.17) is 14.2 Å². The Morgan fingerprint density at radius 3 is 2.44 bits per heavy atom. The van der Waals surface area contributed by atoms with Crippen molar-refractivity contribution >= 4 is 17.4 Å². The number of carbonyl (C=O) groups is 1. The first kappa shape index (κ1) is 19.0. The third-order valence-corrected chi connectivity index (χ3v) is 4.38. The molecule has 0 atom stereocenters. The Morgan fingerprint density at radius 2 is 1.78 bits per heavy atom. The summed E-state index contributed by atoms with van der Waals surface area (Å²) in [6.45, 7) is 4.35. The molecular weight excluding hydrogens is 346 g/mol. The van der Waals surface area contributed by atoms with Gasteiger partial charge in [-0.2, -0.15) is 0 Å². The van der Waals surface area contributed by atoms with Gasteiger partial charge in [-0.15, -0.1) is 0 Å². The number of morpholine rings is 1. The molecule has 0 saturated carbocycles. The Kier molecular flexibility index (Phi) is 6.51. The van der Waals surface area contributed by atoms with Gasteiger partial charge in [-0.3, -0.25) is 4.90 Å². The molecule has 1 heterocycles. The number of nitrogens with zero attached hydrogens (tertiary/aromatic N) is 1. The average Bonchev–Trinajstić information content (AvgIpc) is 2.70. The average molecular weight is 371 g/mol. The number of methoxy groups -OCH3 is 2. The Morgan fingerprint density at radius 1 is 1.04 bits per heavy atom. The minimum atomic E-state index is -0.345. The highest BCUT2D eigenvalue weighted by atomic mass is 16.5. The molecule has 3 rings (SSSR count). The number of ether oxygens (including phenoxy) is 3. The van der Waals surface area contributed by atoms with E-state index in [1.807, 2.05) is 24.3 Å². The van der Waals surface area contributed by atoms with Gasteiger partial charge < -0.3 is 24.8 Å². The fourth-order valence-corrected chi connectivity index (χ4v) is 2.91. The summed E-state index contributed by atoms with van der Waals surface area (Å²) in [6, 6.07) is 12.7. The second-order valence-electron chi connectivity index (χ2n) is 6.23. The van der Waals surface area contributed by atoms with Crippen LogP contribution in [0.5, 0.6) is 11.5 Å². The van der Waals surface area contributed by atoms with E-state index in [1.54, 1.807) is 32.4 Å². The number of urea groups is 1. The predicted molar refractivity (Wildman–Crippen MR) is 105 cm³/mol. The zero-order chi connectivity index (χ0) is 19.1. The molecule has 1 fully saturated rings. The molecule has 1 aliphatic rings. The van der Waals surface area contributed by atoms with Gasteiger partial charge >= 0.3 is 6.03 Å². The van der Waals surface area contributed by atoms with Crippen molar-refractivity contribution in [1.82, 2.24) is 4.90 Å². The van der Waals surface area contributed by atoms with E-state index in [0.717, 1.165) is 38.5 Å². The second kappa shape index (κ2) is 9.25. The Hall–Kier alpha value is -2.77. The van der Waals surface area contributed by atoms with Gasteiger partial charge in [0, 0.05) is 31.4 Å². The van der Waals surface area contributed by atoms with Crippen LogP contribution in [0.25, 0.3) is 0 Å². The largest absolute Gasteiger partial charge is 0.497 e. The summed E-state index contributed by atoms with van der Waals surface area (Å²) in [5, 5.41) is 5.62. The van der Waals surface area contributed by atoms with Gasteiger partial charge in [-0.05, 0) is 29.8 Å². The van der Waals surface area contributed by atoms with Crippen LogP contribution in [0.3, 0.4) is 0 Å². The van der Waals surface area contributed by atoms with Crippen LogP contribution in [0.15, 0.2) is 42.5 Å². The SMILES string of the molecule is COc1ccc(OC)c(NC(=O)Nc2ccc(CN3CCOCC3)cc2)c1. The number of anilines is 2. The Labute approximate surface area is 159 Å². The Balaban J connectivity index is 1.57. The first-order chi connectivity index (χ1) is 13.2. The van der Waals surface area contributed by atoms with E-state index in [2.05, 4.69) is 15.5 Å². The van der Waals surface area contributed by atoms with Gasteiger partial charge in [-0.25, -0.2) is 4.79 Å². The van der Waals surface area contributed by atoms with Crippen molar-refractivity contribution < 1.29 is 19.0 Å². The molecule has 0 unspecified atom stereocenters. The van der Waals surface area contributed by atoms with Crippen LogP contribution in [0.2, 0.25) is 0 Å². The van der Waals surface area contributed by atoms with Crippen molar-refractivity contribution in [2.24, 2.45) is 0 Å². The van der Waals surface area contributed by atoms with Crippen LogP contribution in [0.4, 0.5) is 16.2 Å². The number of amides is 2. The van der Waals surface area contributed by atoms with E-state index in [0.29, 0.717) is 17.2 Å². The first-order valence-electron chi connectivity index (χ1n) is 8.87. The van der Waals surface area contributed by atoms with Crippen LogP contribution in [-0.2, 0) is 11.3 Å². The highest BCUT2D eigenvalue weighted by Crippen LogP contribution is 2.29. The summed E-state index contributed by atoms with van der Waals surface area (Å²) in [5.74, 6) is 1.20. The molecule has 0 radical (unpaired) electrons. The van der Waals surface area contributed by atoms with Crippen molar-refractivity contribution in [2.75, 3.05) is 51.2 Å². The van der Waals surface area contributed by atoms with Crippen molar-refractivity contribution in [2.45, 2.75) is 6.54 Å². The number of rotatable bonds is 6. The molecule has 7 nitrogen and oxygen atoms in total. The molecule has 27 heavy (non-hydrogen) atoms. The maximum Gasteiger partial charge on any atom is 0.323 e. The van der Waals surface area contributed by atoms with Gasteiger partial charge in [-0.1, -0.05) is 12.1 Å². The van der Waals surface area contributed by atoms with Gasteiger partial charge in [0.05, 0.1) is 33.1 Å². The van der Waals surface area contributed by atoms with E-state index < -0.39 is 0 Å². The van der Waals surface area contributed by atoms with Crippen molar-refractivity contribution in [3.8, 4) is 11.5 Å². The van der Waals surface area contributed by atoms with Crippen LogP contribution in [-0.4, -0.2) is 51.5 Å². The summed E-state index contributed by atoms with van der Waals surface area (Å²) in [4.78, 5) is 14.7.